The van der Waals surface area contributed by atoms with E-state index in [1.54, 1.807) is 18.3 Å². The zero-order chi connectivity index (χ0) is 16.1. The topological polar surface area (TPSA) is 35.1 Å². The highest BCUT2D eigenvalue weighted by molar-refractivity contribution is 5.83. The lowest BCUT2D eigenvalue weighted by molar-refractivity contribution is 0.627. The van der Waals surface area contributed by atoms with Gasteiger partial charge in [0.25, 0.3) is 0 Å². The highest BCUT2D eigenvalue weighted by Gasteiger charge is 2.25. The fourth-order valence-corrected chi connectivity index (χ4v) is 3.55. The summed E-state index contributed by atoms with van der Waals surface area (Å²) in [5, 5.41) is 4.72. The fraction of sp³-hybridized carbons (Fsp3) is 0.158. The zero-order valence-corrected chi connectivity index (χ0v) is 13.0. The van der Waals surface area contributed by atoms with Crippen LogP contribution in [0.3, 0.4) is 0 Å². The molecular weight excluding hydrogens is 303 g/mol. The van der Waals surface area contributed by atoms with Crippen LogP contribution in [0.4, 0.5) is 4.39 Å². The lowest BCUT2D eigenvalue weighted by Gasteiger charge is -2.07. The van der Waals surface area contributed by atoms with E-state index in [0.29, 0.717) is 5.56 Å². The van der Waals surface area contributed by atoms with Crippen LogP contribution in [0.1, 0.15) is 12.1 Å². The summed E-state index contributed by atoms with van der Waals surface area (Å²) >= 11 is 0. The van der Waals surface area contributed by atoms with E-state index in [1.807, 2.05) is 39.7 Å². The van der Waals surface area contributed by atoms with Crippen molar-refractivity contribution in [2.45, 2.75) is 19.4 Å². The van der Waals surface area contributed by atoms with E-state index in [9.17, 15) is 4.39 Å². The number of hydrogen-bond donors (Lipinski definition) is 0. The Morgan fingerprint density at radius 1 is 1.08 bits per heavy atom. The summed E-state index contributed by atoms with van der Waals surface area (Å²) in [5.74, 6) is -0.237. The molecule has 0 radical (unpaired) electrons. The van der Waals surface area contributed by atoms with Gasteiger partial charge in [-0.25, -0.2) is 9.37 Å². The Bertz CT molecular complexity index is 1060. The smallest absolute Gasteiger partial charge is 0.136 e. The Morgan fingerprint density at radius 2 is 2.00 bits per heavy atom. The maximum atomic E-state index is 14.4. The molecule has 5 heteroatoms. The van der Waals surface area contributed by atoms with Crippen molar-refractivity contribution in [1.82, 2.24) is 19.2 Å². The molecule has 0 saturated heterocycles. The molecule has 0 bridgehead atoms. The molecule has 0 aliphatic carbocycles. The van der Waals surface area contributed by atoms with Crippen LogP contribution in [0.25, 0.3) is 28.0 Å². The largest absolute Gasteiger partial charge is 0.306 e. The van der Waals surface area contributed by atoms with Crippen LogP contribution < -0.4 is 0 Å². The van der Waals surface area contributed by atoms with E-state index in [-0.39, 0.29) is 5.82 Å². The summed E-state index contributed by atoms with van der Waals surface area (Å²) in [6.07, 6.45) is 7.80. The number of imidazole rings is 1. The van der Waals surface area contributed by atoms with Crippen LogP contribution in [0.5, 0.6) is 0 Å². The number of rotatable bonds is 2. The first kappa shape index (κ1) is 13.5. The number of pyridine rings is 1. The molecule has 0 spiro atoms. The van der Waals surface area contributed by atoms with Crippen molar-refractivity contribution in [2.75, 3.05) is 0 Å². The molecule has 0 amide bonds. The quantitative estimate of drug-likeness (QED) is 0.561. The van der Waals surface area contributed by atoms with Gasteiger partial charge in [0.1, 0.15) is 17.2 Å². The second-order valence-electron chi connectivity index (χ2n) is 6.09. The second-order valence-corrected chi connectivity index (χ2v) is 6.09. The van der Waals surface area contributed by atoms with Gasteiger partial charge in [0.2, 0.25) is 0 Å². The van der Waals surface area contributed by atoms with Gasteiger partial charge in [0, 0.05) is 47.5 Å². The minimum absolute atomic E-state index is 0.237. The summed E-state index contributed by atoms with van der Waals surface area (Å²) in [6.45, 7) is 0.893. The van der Waals surface area contributed by atoms with E-state index < -0.39 is 0 Å². The van der Waals surface area contributed by atoms with E-state index >= 15 is 0 Å². The van der Waals surface area contributed by atoms with Gasteiger partial charge < -0.3 is 4.40 Å². The molecule has 0 saturated carbocycles. The number of aromatic nitrogens is 4. The third-order valence-electron chi connectivity index (χ3n) is 4.65. The fourth-order valence-electron chi connectivity index (χ4n) is 3.55. The molecule has 0 unspecified atom stereocenters. The molecule has 0 N–H and O–H groups in total. The van der Waals surface area contributed by atoms with Crippen molar-refractivity contribution in [1.29, 1.82) is 0 Å². The zero-order valence-electron chi connectivity index (χ0n) is 13.0. The van der Waals surface area contributed by atoms with Crippen LogP contribution in [0.15, 0.2) is 55.0 Å². The second kappa shape index (κ2) is 5.03. The Kier molecular flexibility index (Phi) is 2.82. The first-order valence-corrected chi connectivity index (χ1v) is 8.09. The number of aryl methyl sites for hydroxylation is 1. The molecule has 1 aliphatic rings. The summed E-state index contributed by atoms with van der Waals surface area (Å²) in [7, 11) is 0. The molecule has 3 aromatic heterocycles. The molecule has 1 aromatic carbocycles. The van der Waals surface area contributed by atoms with Gasteiger partial charge in [0.15, 0.2) is 0 Å². The van der Waals surface area contributed by atoms with E-state index in [0.717, 1.165) is 41.9 Å². The van der Waals surface area contributed by atoms with Gasteiger partial charge in [-0.1, -0.05) is 12.1 Å². The molecule has 1 aliphatic heterocycles. The summed E-state index contributed by atoms with van der Waals surface area (Å²) in [5.41, 5.74) is 5.44. The van der Waals surface area contributed by atoms with Crippen molar-refractivity contribution >= 4 is 5.65 Å². The average Bonchev–Trinajstić information content (AvgIpc) is 3.29. The minimum Gasteiger partial charge on any atom is -0.306 e. The average molecular weight is 318 g/mol. The van der Waals surface area contributed by atoms with E-state index in [1.165, 1.54) is 11.8 Å². The predicted molar refractivity (Wildman–Crippen MR) is 90.1 cm³/mol. The van der Waals surface area contributed by atoms with Crippen molar-refractivity contribution < 1.29 is 4.39 Å². The first-order valence-electron chi connectivity index (χ1n) is 8.09. The Labute approximate surface area is 138 Å². The minimum atomic E-state index is -0.237. The third-order valence-corrected chi connectivity index (χ3v) is 4.65. The monoisotopic (exact) mass is 318 g/mol. The van der Waals surface area contributed by atoms with Gasteiger partial charge in [0.05, 0.1) is 0 Å². The van der Waals surface area contributed by atoms with Gasteiger partial charge in [-0.2, -0.15) is 5.10 Å². The highest BCUT2D eigenvalue weighted by atomic mass is 19.1. The van der Waals surface area contributed by atoms with Gasteiger partial charge in [-0.15, -0.1) is 0 Å². The highest BCUT2D eigenvalue weighted by Crippen LogP contribution is 2.38. The molecule has 4 aromatic rings. The van der Waals surface area contributed by atoms with E-state index in [2.05, 4.69) is 4.98 Å². The number of fused-ring (bicyclic) bond motifs is 2. The molecule has 118 valence electrons. The predicted octanol–water partition coefficient (Wildman–Crippen LogP) is 3.95. The molecule has 4 nitrogen and oxygen atoms in total. The summed E-state index contributed by atoms with van der Waals surface area (Å²) in [6, 6.07) is 10.9. The maximum absolute atomic E-state index is 14.4. The number of halogens is 1. The molecule has 24 heavy (non-hydrogen) atoms. The van der Waals surface area contributed by atoms with Crippen molar-refractivity contribution in [3.8, 4) is 22.4 Å². The standard InChI is InChI=1S/C19H15FN4/c20-15-5-2-1-4-14(15)19-18(16-6-3-10-24(16)22-19)13-7-8-17-21-9-11-23(17)12-13/h1-2,4-5,7-9,11-12H,3,6,10H2. The summed E-state index contributed by atoms with van der Waals surface area (Å²) in [4.78, 5) is 4.29. The number of benzene rings is 1. The van der Waals surface area contributed by atoms with E-state index in [4.69, 9.17) is 5.10 Å². The molecule has 0 atom stereocenters. The van der Waals surface area contributed by atoms with Gasteiger partial charge >= 0.3 is 0 Å². The van der Waals surface area contributed by atoms with Crippen molar-refractivity contribution in [3.63, 3.8) is 0 Å². The van der Waals surface area contributed by atoms with Crippen LogP contribution >= 0.6 is 0 Å². The van der Waals surface area contributed by atoms with Crippen LogP contribution in [-0.2, 0) is 13.0 Å². The first-order chi connectivity index (χ1) is 11.8. The lowest BCUT2D eigenvalue weighted by Crippen LogP contribution is -1.94. The van der Waals surface area contributed by atoms with Gasteiger partial charge in [-0.05, 0) is 37.1 Å². The molecular formula is C19H15FN4. The lowest BCUT2D eigenvalue weighted by atomic mass is 9.98. The Hall–Kier alpha value is -2.95. The van der Waals surface area contributed by atoms with Gasteiger partial charge in [-0.3, -0.25) is 4.68 Å². The Morgan fingerprint density at radius 3 is 2.92 bits per heavy atom. The SMILES string of the molecule is Fc1ccccc1-c1nn2c(c1-c1ccc3nccn3c1)CCC2. The summed E-state index contributed by atoms with van der Waals surface area (Å²) < 4.78 is 18.4. The molecule has 0 fully saturated rings. The number of nitrogens with zero attached hydrogens (tertiary/aromatic N) is 4. The van der Waals surface area contributed by atoms with Crippen molar-refractivity contribution in [3.05, 3.63) is 66.5 Å². The number of hydrogen-bond acceptors (Lipinski definition) is 2. The van der Waals surface area contributed by atoms with Crippen LogP contribution in [-0.4, -0.2) is 19.2 Å². The van der Waals surface area contributed by atoms with Crippen LogP contribution in [0.2, 0.25) is 0 Å². The maximum Gasteiger partial charge on any atom is 0.136 e. The van der Waals surface area contributed by atoms with Crippen LogP contribution in [0, 0.1) is 5.82 Å². The third kappa shape index (κ3) is 1.91. The van der Waals surface area contributed by atoms with Crippen molar-refractivity contribution in [2.24, 2.45) is 0 Å². The normalized spacial score (nSPS) is 13.5. The molecule has 4 heterocycles. The Balaban J connectivity index is 1.79. The molecule has 5 rings (SSSR count).